The molecule has 0 radical (unpaired) electrons. The Morgan fingerprint density at radius 2 is 2.00 bits per heavy atom. The molecule has 146 valence electrons. The van der Waals surface area contributed by atoms with Crippen molar-refractivity contribution >= 4 is 17.3 Å². The molecule has 27 heavy (non-hydrogen) atoms. The molecule has 8 heteroatoms. The topological polar surface area (TPSA) is 42.4 Å². The molecule has 0 aliphatic heterocycles. The Hall–Kier alpha value is -1.93. The Morgan fingerprint density at radius 3 is 2.59 bits per heavy atom. The molecule has 0 unspecified atom stereocenters. The minimum absolute atomic E-state index is 0.220. The number of ether oxygens (including phenoxy) is 1. The standard InChI is InChI=1S/C19H21F3N2O2S/c1-2-26-17(25)11-24(9-13-3-4-13)10-16-12-27-18(23-16)14-5-7-15(8-6-14)19(20,21)22/h5-8,12-13H,2-4,9-11H2,1H3. The zero-order chi connectivity index (χ0) is 19.4. The lowest BCUT2D eigenvalue weighted by molar-refractivity contribution is -0.144. The van der Waals surface area contributed by atoms with Crippen LogP contribution in [-0.4, -0.2) is 35.5 Å². The van der Waals surface area contributed by atoms with E-state index in [-0.39, 0.29) is 12.5 Å². The molecule has 1 aliphatic rings. The quantitative estimate of drug-likeness (QED) is 0.610. The smallest absolute Gasteiger partial charge is 0.416 e. The number of benzene rings is 1. The molecule has 1 aromatic carbocycles. The predicted molar refractivity (Wildman–Crippen MR) is 97.2 cm³/mol. The molecular formula is C19H21F3N2O2S. The first-order chi connectivity index (χ1) is 12.8. The second-order valence-electron chi connectivity index (χ2n) is 6.64. The highest BCUT2D eigenvalue weighted by molar-refractivity contribution is 7.13. The lowest BCUT2D eigenvalue weighted by Crippen LogP contribution is -2.32. The molecular weight excluding hydrogens is 377 g/mol. The number of carbonyl (C=O) groups is 1. The monoisotopic (exact) mass is 398 g/mol. The van der Waals surface area contributed by atoms with Crippen molar-refractivity contribution in [1.82, 2.24) is 9.88 Å². The van der Waals surface area contributed by atoms with E-state index in [0.717, 1.165) is 24.4 Å². The maximum Gasteiger partial charge on any atom is 0.416 e. The highest BCUT2D eigenvalue weighted by Gasteiger charge is 2.30. The van der Waals surface area contributed by atoms with Gasteiger partial charge in [0.15, 0.2) is 0 Å². The summed E-state index contributed by atoms with van der Waals surface area (Å²) >= 11 is 1.39. The summed E-state index contributed by atoms with van der Waals surface area (Å²) in [6.07, 6.45) is -2.00. The number of rotatable bonds is 8. The number of nitrogens with zero attached hydrogens (tertiary/aromatic N) is 2. The van der Waals surface area contributed by atoms with Crippen LogP contribution in [-0.2, 0) is 22.3 Å². The molecule has 0 atom stereocenters. The molecule has 1 aliphatic carbocycles. The van der Waals surface area contributed by atoms with Gasteiger partial charge in [-0.25, -0.2) is 4.98 Å². The van der Waals surface area contributed by atoms with Crippen LogP contribution in [0.4, 0.5) is 13.2 Å². The first-order valence-corrected chi connectivity index (χ1v) is 9.73. The number of hydrogen-bond acceptors (Lipinski definition) is 5. The van der Waals surface area contributed by atoms with Gasteiger partial charge >= 0.3 is 12.1 Å². The van der Waals surface area contributed by atoms with Crippen molar-refractivity contribution in [1.29, 1.82) is 0 Å². The zero-order valence-corrected chi connectivity index (χ0v) is 15.8. The SMILES string of the molecule is CCOC(=O)CN(Cc1csc(-c2ccc(C(F)(F)F)cc2)n1)CC1CC1. The van der Waals surface area contributed by atoms with Crippen molar-refractivity contribution < 1.29 is 22.7 Å². The van der Waals surface area contributed by atoms with Gasteiger partial charge in [-0.05, 0) is 37.8 Å². The number of alkyl halides is 3. The predicted octanol–water partition coefficient (Wildman–Crippen LogP) is 4.60. The van der Waals surface area contributed by atoms with E-state index >= 15 is 0 Å². The molecule has 3 rings (SSSR count). The first kappa shape index (κ1) is 19.8. The van der Waals surface area contributed by atoms with Crippen LogP contribution in [0.3, 0.4) is 0 Å². The van der Waals surface area contributed by atoms with Crippen molar-refractivity contribution in [3.63, 3.8) is 0 Å². The van der Waals surface area contributed by atoms with E-state index in [1.807, 2.05) is 10.3 Å². The third-order valence-electron chi connectivity index (χ3n) is 4.27. The molecule has 1 heterocycles. The van der Waals surface area contributed by atoms with Crippen LogP contribution in [0.15, 0.2) is 29.6 Å². The molecule has 1 aromatic heterocycles. The Bertz CT molecular complexity index is 770. The molecule has 0 saturated heterocycles. The van der Waals surface area contributed by atoms with Gasteiger partial charge < -0.3 is 4.74 Å². The van der Waals surface area contributed by atoms with Gasteiger partial charge in [0.25, 0.3) is 0 Å². The number of thiazole rings is 1. The number of hydrogen-bond donors (Lipinski definition) is 0. The van der Waals surface area contributed by atoms with E-state index in [9.17, 15) is 18.0 Å². The number of carbonyl (C=O) groups excluding carboxylic acids is 1. The van der Waals surface area contributed by atoms with Crippen molar-refractivity contribution in [2.45, 2.75) is 32.5 Å². The molecule has 0 amide bonds. The fourth-order valence-corrected chi connectivity index (χ4v) is 3.60. The fourth-order valence-electron chi connectivity index (χ4n) is 2.78. The van der Waals surface area contributed by atoms with E-state index in [2.05, 4.69) is 4.98 Å². The van der Waals surface area contributed by atoms with Crippen LogP contribution < -0.4 is 0 Å². The Balaban J connectivity index is 1.67. The van der Waals surface area contributed by atoms with Crippen molar-refractivity contribution in [3.05, 3.63) is 40.9 Å². The Labute approximate surface area is 160 Å². The van der Waals surface area contributed by atoms with Gasteiger partial charge in [0.1, 0.15) is 5.01 Å². The lowest BCUT2D eigenvalue weighted by Gasteiger charge is -2.20. The average Bonchev–Trinajstić information content (AvgIpc) is 3.29. The maximum absolute atomic E-state index is 12.7. The van der Waals surface area contributed by atoms with Gasteiger partial charge in [-0.15, -0.1) is 11.3 Å². The minimum atomic E-state index is -4.34. The Kier molecular flexibility index (Phi) is 6.16. The molecule has 1 fully saturated rings. The van der Waals surface area contributed by atoms with Crippen LogP contribution in [0.1, 0.15) is 31.0 Å². The second-order valence-corrected chi connectivity index (χ2v) is 7.50. The van der Waals surface area contributed by atoms with Crippen LogP contribution in [0.2, 0.25) is 0 Å². The third-order valence-corrected chi connectivity index (χ3v) is 5.21. The van der Waals surface area contributed by atoms with Crippen LogP contribution in [0, 0.1) is 5.92 Å². The summed E-state index contributed by atoms with van der Waals surface area (Å²) in [5.74, 6) is 0.365. The van der Waals surface area contributed by atoms with Gasteiger partial charge in [0.2, 0.25) is 0 Å². The van der Waals surface area contributed by atoms with Crippen LogP contribution in [0.25, 0.3) is 10.6 Å². The molecule has 2 aromatic rings. The summed E-state index contributed by atoms with van der Waals surface area (Å²) in [5, 5.41) is 2.55. The zero-order valence-electron chi connectivity index (χ0n) is 15.0. The van der Waals surface area contributed by atoms with E-state index in [1.54, 1.807) is 6.92 Å². The van der Waals surface area contributed by atoms with E-state index < -0.39 is 11.7 Å². The lowest BCUT2D eigenvalue weighted by atomic mass is 10.1. The highest BCUT2D eigenvalue weighted by atomic mass is 32.1. The van der Waals surface area contributed by atoms with Gasteiger partial charge in [-0.3, -0.25) is 9.69 Å². The van der Waals surface area contributed by atoms with Gasteiger partial charge in [-0.1, -0.05) is 12.1 Å². The number of halogens is 3. The molecule has 0 spiro atoms. The van der Waals surface area contributed by atoms with E-state index in [0.29, 0.717) is 29.6 Å². The summed E-state index contributed by atoms with van der Waals surface area (Å²) in [5.41, 5.74) is 0.784. The Morgan fingerprint density at radius 1 is 1.30 bits per heavy atom. The summed E-state index contributed by atoms with van der Waals surface area (Å²) in [7, 11) is 0. The highest BCUT2D eigenvalue weighted by Crippen LogP contribution is 2.32. The summed E-state index contributed by atoms with van der Waals surface area (Å²) in [4.78, 5) is 18.4. The minimum Gasteiger partial charge on any atom is -0.465 e. The number of esters is 1. The van der Waals surface area contributed by atoms with Crippen molar-refractivity contribution in [3.8, 4) is 10.6 Å². The normalized spacial score (nSPS) is 14.6. The van der Waals surface area contributed by atoms with Gasteiger partial charge in [0, 0.05) is 24.0 Å². The van der Waals surface area contributed by atoms with Crippen molar-refractivity contribution in [2.75, 3.05) is 19.7 Å². The van der Waals surface area contributed by atoms with Gasteiger partial charge in [0.05, 0.1) is 24.4 Å². The second kappa shape index (κ2) is 8.39. The fraction of sp³-hybridized carbons (Fsp3) is 0.474. The number of aromatic nitrogens is 1. The van der Waals surface area contributed by atoms with Crippen molar-refractivity contribution in [2.24, 2.45) is 5.92 Å². The molecule has 1 saturated carbocycles. The van der Waals surface area contributed by atoms with E-state index in [1.165, 1.54) is 36.3 Å². The molecule has 0 N–H and O–H groups in total. The largest absolute Gasteiger partial charge is 0.465 e. The summed E-state index contributed by atoms with van der Waals surface area (Å²) in [6.45, 7) is 3.70. The van der Waals surface area contributed by atoms with Crippen LogP contribution >= 0.6 is 11.3 Å². The van der Waals surface area contributed by atoms with Gasteiger partial charge in [-0.2, -0.15) is 13.2 Å². The first-order valence-electron chi connectivity index (χ1n) is 8.85. The van der Waals surface area contributed by atoms with E-state index in [4.69, 9.17) is 4.74 Å². The molecule has 0 bridgehead atoms. The maximum atomic E-state index is 12.7. The van der Waals surface area contributed by atoms with Crippen LogP contribution in [0.5, 0.6) is 0 Å². The average molecular weight is 398 g/mol. The molecule has 4 nitrogen and oxygen atoms in total. The third kappa shape index (κ3) is 5.77. The summed E-state index contributed by atoms with van der Waals surface area (Å²) < 4.78 is 43.1. The summed E-state index contributed by atoms with van der Waals surface area (Å²) in [6, 6.07) is 5.01.